The molecule has 0 saturated heterocycles. The predicted molar refractivity (Wildman–Crippen MR) is 69.4 cm³/mol. The first-order valence-electron chi connectivity index (χ1n) is 5.74. The van der Waals surface area contributed by atoms with Crippen LogP contribution in [0, 0.1) is 5.41 Å². The predicted octanol–water partition coefficient (Wildman–Crippen LogP) is 3.17. The second-order valence-corrected chi connectivity index (χ2v) is 4.95. The number of carbonyl (C=O) groups excluding carboxylic acids is 1. The average molecular weight is 292 g/mol. The third kappa shape index (κ3) is 4.67. The van der Waals surface area contributed by atoms with E-state index in [9.17, 15) is 13.6 Å². The monoisotopic (exact) mass is 291 g/mol. The van der Waals surface area contributed by atoms with Crippen LogP contribution in [-0.4, -0.2) is 18.4 Å². The van der Waals surface area contributed by atoms with E-state index in [2.05, 4.69) is 10.1 Å². The number of alkyl halides is 3. The fourth-order valence-corrected chi connectivity index (χ4v) is 1.46. The lowest BCUT2D eigenvalue weighted by Crippen LogP contribution is -2.37. The van der Waals surface area contributed by atoms with Crippen molar-refractivity contribution >= 4 is 17.5 Å². The smallest absolute Gasteiger partial charge is 0.387 e. The molecule has 0 aromatic heterocycles. The zero-order valence-corrected chi connectivity index (χ0v) is 11.5. The van der Waals surface area contributed by atoms with Crippen molar-refractivity contribution < 1.29 is 18.3 Å². The zero-order chi connectivity index (χ0) is 14.5. The minimum atomic E-state index is -2.89. The van der Waals surface area contributed by atoms with Crippen LogP contribution >= 0.6 is 11.6 Å². The Balaban J connectivity index is 2.70. The zero-order valence-electron chi connectivity index (χ0n) is 10.8. The lowest BCUT2D eigenvalue weighted by atomic mass is 9.95. The molecule has 0 saturated carbocycles. The Labute approximate surface area is 115 Å². The number of halogens is 3. The molecule has 0 aliphatic heterocycles. The molecule has 1 aromatic carbocycles. The first kappa shape index (κ1) is 15.7. The number of nitrogens with one attached hydrogen (secondary N) is 1. The number of hydrogen-bond donors (Lipinski definition) is 1. The Hall–Kier alpha value is -1.36. The molecule has 1 amide bonds. The normalized spacial score (nSPS) is 11.5. The van der Waals surface area contributed by atoms with Crippen molar-refractivity contribution in [1.82, 2.24) is 5.32 Å². The quantitative estimate of drug-likeness (QED) is 0.818. The van der Waals surface area contributed by atoms with Gasteiger partial charge in [0.1, 0.15) is 5.75 Å². The van der Waals surface area contributed by atoms with Crippen molar-refractivity contribution in [3.8, 4) is 5.75 Å². The largest absolute Gasteiger partial charge is 0.434 e. The van der Waals surface area contributed by atoms with Crippen molar-refractivity contribution in [2.45, 2.75) is 27.0 Å². The third-order valence-corrected chi connectivity index (χ3v) is 3.24. The Morgan fingerprint density at radius 1 is 1.42 bits per heavy atom. The first-order valence-corrected chi connectivity index (χ1v) is 6.27. The first-order chi connectivity index (χ1) is 8.86. The highest BCUT2D eigenvalue weighted by Gasteiger charge is 2.26. The molecule has 1 rings (SSSR count). The van der Waals surface area contributed by atoms with Crippen LogP contribution in [0.2, 0.25) is 0 Å². The molecule has 0 unspecified atom stereocenters. The molecule has 0 bridgehead atoms. The van der Waals surface area contributed by atoms with Gasteiger partial charge in [0.2, 0.25) is 5.91 Å². The highest BCUT2D eigenvalue weighted by molar-refractivity contribution is 6.19. The van der Waals surface area contributed by atoms with Gasteiger partial charge in [0.15, 0.2) is 0 Å². The summed E-state index contributed by atoms with van der Waals surface area (Å²) in [4.78, 5) is 11.8. The maximum Gasteiger partial charge on any atom is 0.387 e. The Morgan fingerprint density at radius 3 is 2.63 bits per heavy atom. The van der Waals surface area contributed by atoms with E-state index in [1.54, 1.807) is 32.0 Å². The molecule has 1 aromatic rings. The number of carbonyl (C=O) groups is 1. The molecule has 106 valence electrons. The molecular formula is C13H16ClF2NO2. The maximum absolute atomic E-state index is 12.2. The van der Waals surface area contributed by atoms with Gasteiger partial charge in [-0.3, -0.25) is 4.79 Å². The van der Waals surface area contributed by atoms with E-state index in [0.717, 1.165) is 0 Å². The van der Waals surface area contributed by atoms with Gasteiger partial charge in [0, 0.05) is 18.0 Å². The second-order valence-electron chi connectivity index (χ2n) is 4.69. The summed E-state index contributed by atoms with van der Waals surface area (Å²) in [5.41, 5.74) is -0.221. The minimum Gasteiger partial charge on any atom is -0.434 e. The second kappa shape index (κ2) is 6.70. The number of amides is 1. The van der Waals surface area contributed by atoms with E-state index < -0.39 is 12.0 Å². The fraction of sp³-hybridized carbons (Fsp3) is 0.462. The van der Waals surface area contributed by atoms with Crippen LogP contribution in [0.15, 0.2) is 24.3 Å². The van der Waals surface area contributed by atoms with Gasteiger partial charge in [0.25, 0.3) is 0 Å². The van der Waals surface area contributed by atoms with E-state index in [-0.39, 0.29) is 24.1 Å². The highest BCUT2D eigenvalue weighted by atomic mass is 35.5. The molecule has 0 atom stereocenters. The highest BCUT2D eigenvalue weighted by Crippen LogP contribution is 2.21. The Kier molecular flexibility index (Phi) is 5.54. The van der Waals surface area contributed by atoms with Crippen LogP contribution in [0.25, 0.3) is 0 Å². The van der Waals surface area contributed by atoms with Crippen molar-refractivity contribution in [1.29, 1.82) is 0 Å². The fourth-order valence-electron chi connectivity index (χ4n) is 1.34. The molecule has 0 radical (unpaired) electrons. The Morgan fingerprint density at radius 2 is 2.05 bits per heavy atom. The number of para-hydroxylation sites is 1. The van der Waals surface area contributed by atoms with Crippen LogP contribution < -0.4 is 10.1 Å². The van der Waals surface area contributed by atoms with Gasteiger partial charge in [-0.15, -0.1) is 11.6 Å². The molecule has 0 fully saturated rings. The summed E-state index contributed by atoms with van der Waals surface area (Å²) >= 11 is 5.69. The van der Waals surface area contributed by atoms with E-state index in [1.165, 1.54) is 6.07 Å². The van der Waals surface area contributed by atoms with Gasteiger partial charge in [0.05, 0.1) is 5.41 Å². The summed E-state index contributed by atoms with van der Waals surface area (Å²) in [6.07, 6.45) is 0. The number of hydrogen-bond acceptors (Lipinski definition) is 2. The number of benzene rings is 1. The van der Waals surface area contributed by atoms with Crippen molar-refractivity contribution in [2.24, 2.45) is 5.41 Å². The van der Waals surface area contributed by atoms with Crippen molar-refractivity contribution in [3.63, 3.8) is 0 Å². The molecule has 1 N–H and O–H groups in total. The van der Waals surface area contributed by atoms with E-state index in [0.29, 0.717) is 5.56 Å². The molecule has 0 aliphatic carbocycles. The van der Waals surface area contributed by atoms with Crippen LogP contribution in [0.1, 0.15) is 19.4 Å². The lowest BCUT2D eigenvalue weighted by molar-refractivity contribution is -0.128. The molecule has 0 aliphatic rings. The molecule has 0 heterocycles. The SMILES string of the molecule is CC(C)(CCl)C(=O)NCc1ccccc1OC(F)F. The van der Waals surface area contributed by atoms with Crippen LogP contribution in [0.5, 0.6) is 5.75 Å². The van der Waals surface area contributed by atoms with Gasteiger partial charge >= 0.3 is 6.61 Å². The van der Waals surface area contributed by atoms with Gasteiger partial charge in [-0.2, -0.15) is 8.78 Å². The van der Waals surface area contributed by atoms with Crippen molar-refractivity contribution in [3.05, 3.63) is 29.8 Å². The summed E-state index contributed by atoms with van der Waals surface area (Å²) < 4.78 is 28.8. The van der Waals surface area contributed by atoms with Crippen LogP contribution in [-0.2, 0) is 11.3 Å². The average Bonchev–Trinajstić information content (AvgIpc) is 2.36. The van der Waals surface area contributed by atoms with Gasteiger partial charge < -0.3 is 10.1 Å². The van der Waals surface area contributed by atoms with Gasteiger partial charge in [-0.25, -0.2) is 0 Å². The molecule has 3 nitrogen and oxygen atoms in total. The molecule has 6 heteroatoms. The lowest BCUT2D eigenvalue weighted by Gasteiger charge is -2.20. The summed E-state index contributed by atoms with van der Waals surface area (Å²) in [5, 5.41) is 2.66. The molecule has 19 heavy (non-hydrogen) atoms. The minimum absolute atomic E-state index is 0.0569. The third-order valence-electron chi connectivity index (χ3n) is 2.58. The summed E-state index contributed by atoms with van der Waals surface area (Å²) in [6.45, 7) is 0.631. The topological polar surface area (TPSA) is 38.3 Å². The van der Waals surface area contributed by atoms with E-state index in [1.807, 2.05) is 0 Å². The summed E-state index contributed by atoms with van der Waals surface area (Å²) in [5.74, 6) is -0.00980. The maximum atomic E-state index is 12.2. The number of rotatable bonds is 6. The van der Waals surface area contributed by atoms with Crippen LogP contribution in [0.4, 0.5) is 8.78 Å². The standard InChI is InChI=1S/C13H16ClF2NO2/c1-13(2,8-14)11(18)17-7-9-5-3-4-6-10(9)19-12(15)16/h3-6,12H,7-8H2,1-2H3,(H,17,18). The van der Waals surface area contributed by atoms with Gasteiger partial charge in [-0.05, 0) is 19.9 Å². The molecule has 0 spiro atoms. The number of ether oxygens (including phenoxy) is 1. The Bertz CT molecular complexity index is 438. The molecular weight excluding hydrogens is 276 g/mol. The van der Waals surface area contributed by atoms with Gasteiger partial charge in [-0.1, -0.05) is 18.2 Å². The van der Waals surface area contributed by atoms with E-state index in [4.69, 9.17) is 11.6 Å². The van der Waals surface area contributed by atoms with Crippen molar-refractivity contribution in [2.75, 3.05) is 5.88 Å². The summed E-state index contributed by atoms with van der Waals surface area (Å²) in [6, 6.07) is 6.32. The summed E-state index contributed by atoms with van der Waals surface area (Å²) in [7, 11) is 0. The van der Waals surface area contributed by atoms with Crippen LogP contribution in [0.3, 0.4) is 0 Å². The van der Waals surface area contributed by atoms with E-state index >= 15 is 0 Å².